The first-order chi connectivity index (χ1) is 14.6. The number of H-pyrrole nitrogens is 1. The number of guanidine groups is 1. The molecule has 0 saturated carbocycles. The smallest absolute Gasteiger partial charge is 0.352 e. The largest absolute Gasteiger partial charge is 0.435 e. The molecule has 1 heterocycles. The molecule has 0 aliphatic carbocycles. The van der Waals surface area contributed by atoms with Gasteiger partial charge in [0, 0.05) is 18.2 Å². The van der Waals surface area contributed by atoms with Gasteiger partial charge in [-0.25, -0.2) is 13.2 Å². The van der Waals surface area contributed by atoms with Crippen molar-refractivity contribution < 1.29 is 31.1 Å². The van der Waals surface area contributed by atoms with Crippen molar-refractivity contribution in [3.63, 3.8) is 0 Å². The fourth-order valence-corrected chi connectivity index (χ4v) is 2.41. The Labute approximate surface area is 171 Å². The number of hydrogen-bond donors (Lipinski definition) is 3. The fraction of sp³-hybridized carbons (Fsp3) is 0.105. The van der Waals surface area contributed by atoms with Gasteiger partial charge in [-0.1, -0.05) is 18.2 Å². The van der Waals surface area contributed by atoms with Crippen LogP contribution in [0.3, 0.4) is 0 Å². The van der Waals surface area contributed by atoms with Gasteiger partial charge in [0.1, 0.15) is 5.82 Å². The third kappa shape index (κ3) is 5.62. The minimum absolute atomic E-state index is 0.0429. The summed E-state index contributed by atoms with van der Waals surface area (Å²) in [6, 6.07) is 9.84. The molecular weight excluding hydrogens is 428 g/mol. The molecule has 0 atom stereocenters. The van der Waals surface area contributed by atoms with Gasteiger partial charge in [0.15, 0.2) is 23.1 Å². The highest BCUT2D eigenvalue weighted by atomic mass is 19.4. The van der Waals surface area contributed by atoms with Crippen LogP contribution in [0.1, 0.15) is 21.6 Å². The van der Waals surface area contributed by atoms with E-state index in [-0.39, 0.29) is 29.4 Å². The number of aromatic amines is 1. The number of benzene rings is 2. The Balaban J connectivity index is 1.84. The Kier molecular flexibility index (Phi) is 6.28. The van der Waals surface area contributed by atoms with Gasteiger partial charge in [-0.05, 0) is 29.8 Å². The van der Waals surface area contributed by atoms with Crippen molar-refractivity contribution in [1.29, 1.82) is 0 Å². The summed E-state index contributed by atoms with van der Waals surface area (Å²) in [5.41, 5.74) is -1.08. The van der Waals surface area contributed by atoms with Crippen LogP contribution in [0, 0.1) is 17.5 Å². The van der Waals surface area contributed by atoms with Crippen molar-refractivity contribution in [3.8, 4) is 0 Å². The van der Waals surface area contributed by atoms with Gasteiger partial charge in [0.25, 0.3) is 5.91 Å². The lowest BCUT2D eigenvalue weighted by Crippen LogP contribution is -2.31. The van der Waals surface area contributed by atoms with Gasteiger partial charge in [0.2, 0.25) is 5.96 Å². The number of aliphatic imine (C=N–C) groups is 1. The number of nitrogens with one attached hydrogen (secondary N) is 3. The second kappa shape index (κ2) is 8.90. The third-order valence-electron chi connectivity index (χ3n) is 3.86. The van der Waals surface area contributed by atoms with Crippen molar-refractivity contribution in [1.82, 2.24) is 15.5 Å². The van der Waals surface area contributed by atoms with Gasteiger partial charge in [-0.15, -0.1) is 0 Å². The number of anilines is 1. The Morgan fingerprint density at radius 3 is 2.26 bits per heavy atom. The first kappa shape index (κ1) is 21.9. The number of halogens is 6. The highest BCUT2D eigenvalue weighted by Crippen LogP contribution is 2.28. The Bertz CT molecular complexity index is 1090. The van der Waals surface area contributed by atoms with Gasteiger partial charge >= 0.3 is 6.18 Å². The van der Waals surface area contributed by atoms with Crippen LogP contribution in [-0.2, 0) is 12.7 Å². The van der Waals surface area contributed by atoms with E-state index in [1.807, 2.05) is 0 Å². The maximum atomic E-state index is 13.4. The van der Waals surface area contributed by atoms with E-state index >= 15 is 0 Å². The van der Waals surface area contributed by atoms with Gasteiger partial charge in [0.05, 0.1) is 0 Å². The van der Waals surface area contributed by atoms with Crippen LogP contribution in [0.4, 0.5) is 32.2 Å². The molecule has 0 bridgehead atoms. The minimum Gasteiger partial charge on any atom is -0.352 e. The number of amides is 1. The normalized spacial score (nSPS) is 12.0. The molecule has 1 amide bonds. The lowest BCUT2D eigenvalue weighted by atomic mass is 10.2. The number of nitrogens with zero attached hydrogens (tertiary/aromatic N) is 2. The van der Waals surface area contributed by atoms with Gasteiger partial charge in [-0.2, -0.15) is 23.3 Å². The van der Waals surface area contributed by atoms with E-state index in [0.717, 1.165) is 12.1 Å². The molecule has 0 unspecified atom stereocenters. The molecule has 2 aromatic carbocycles. The molecule has 0 fully saturated rings. The summed E-state index contributed by atoms with van der Waals surface area (Å²) in [4.78, 5) is 16.1. The maximum Gasteiger partial charge on any atom is 0.435 e. The SMILES string of the molecule is O=C(/N=C(/NCc1cc(F)c(F)c(F)c1)Nc1cc(C(F)(F)F)n[nH]1)c1ccccc1. The number of alkyl halides is 3. The number of aromatic nitrogens is 2. The molecule has 31 heavy (non-hydrogen) atoms. The predicted octanol–water partition coefficient (Wildman–Crippen LogP) is 4.24. The first-order valence-corrected chi connectivity index (χ1v) is 8.58. The average Bonchev–Trinajstić information content (AvgIpc) is 3.20. The zero-order valence-electron chi connectivity index (χ0n) is 15.4. The zero-order chi connectivity index (χ0) is 22.6. The van der Waals surface area contributed by atoms with Crippen molar-refractivity contribution in [2.24, 2.45) is 4.99 Å². The monoisotopic (exact) mass is 441 g/mol. The summed E-state index contributed by atoms with van der Waals surface area (Å²) in [5.74, 6) is -5.83. The van der Waals surface area contributed by atoms with E-state index in [1.165, 1.54) is 12.1 Å². The summed E-state index contributed by atoms with van der Waals surface area (Å²) in [6.45, 7) is -0.331. The Morgan fingerprint density at radius 1 is 1.03 bits per heavy atom. The Hall–Kier alpha value is -3.83. The standard InChI is InChI=1S/C19H13F6N5O/c20-12-6-10(7-13(21)16(12)22)9-26-18(28-17(31)11-4-2-1-3-5-11)27-15-8-14(29-30-15)19(23,24)25/h1-8H,9H2,(H3,26,27,28,29,30,31). The van der Waals surface area contributed by atoms with Crippen LogP contribution in [0.15, 0.2) is 53.5 Å². The van der Waals surface area contributed by atoms with Crippen molar-refractivity contribution >= 4 is 17.7 Å². The molecule has 12 heteroatoms. The zero-order valence-corrected chi connectivity index (χ0v) is 15.4. The lowest BCUT2D eigenvalue weighted by molar-refractivity contribution is -0.141. The van der Waals surface area contributed by atoms with Crippen LogP contribution in [0.25, 0.3) is 0 Å². The van der Waals surface area contributed by atoms with E-state index < -0.39 is 35.2 Å². The van der Waals surface area contributed by atoms with E-state index in [4.69, 9.17) is 0 Å². The summed E-state index contributed by atoms with van der Waals surface area (Å²) in [7, 11) is 0. The molecule has 3 rings (SSSR count). The lowest BCUT2D eigenvalue weighted by Gasteiger charge is -2.11. The second-order valence-electron chi connectivity index (χ2n) is 6.15. The first-order valence-electron chi connectivity index (χ1n) is 8.58. The summed E-state index contributed by atoms with van der Waals surface area (Å²) < 4.78 is 78.1. The summed E-state index contributed by atoms with van der Waals surface area (Å²) in [5, 5.41) is 10.2. The number of carbonyl (C=O) groups excluding carboxylic acids is 1. The molecule has 0 aliphatic heterocycles. The number of rotatable bonds is 4. The quantitative estimate of drug-likeness (QED) is 0.245. The molecule has 6 nitrogen and oxygen atoms in total. The Morgan fingerprint density at radius 2 is 1.68 bits per heavy atom. The van der Waals surface area contributed by atoms with Crippen molar-refractivity contribution in [2.45, 2.75) is 12.7 Å². The molecular formula is C19H13F6N5O. The van der Waals surface area contributed by atoms with Crippen LogP contribution >= 0.6 is 0 Å². The summed E-state index contributed by atoms with van der Waals surface area (Å²) >= 11 is 0. The van der Waals surface area contributed by atoms with Crippen molar-refractivity contribution in [2.75, 3.05) is 5.32 Å². The minimum atomic E-state index is -4.70. The van der Waals surface area contributed by atoms with E-state index in [0.29, 0.717) is 6.07 Å². The van der Waals surface area contributed by atoms with E-state index in [2.05, 4.69) is 25.8 Å². The molecule has 3 N–H and O–H groups in total. The topological polar surface area (TPSA) is 82.2 Å². The molecule has 0 saturated heterocycles. The van der Waals surface area contributed by atoms with Gasteiger partial charge in [-0.3, -0.25) is 9.89 Å². The molecule has 3 aromatic rings. The van der Waals surface area contributed by atoms with Crippen LogP contribution in [0.5, 0.6) is 0 Å². The summed E-state index contributed by atoms with van der Waals surface area (Å²) in [6.07, 6.45) is -4.70. The highest BCUT2D eigenvalue weighted by Gasteiger charge is 2.34. The number of hydrogen-bond acceptors (Lipinski definition) is 2. The van der Waals surface area contributed by atoms with Crippen LogP contribution in [0.2, 0.25) is 0 Å². The van der Waals surface area contributed by atoms with Crippen molar-refractivity contribution in [3.05, 3.63) is 82.8 Å². The third-order valence-corrected chi connectivity index (χ3v) is 3.86. The molecule has 1 aromatic heterocycles. The van der Waals surface area contributed by atoms with E-state index in [9.17, 15) is 31.1 Å². The highest BCUT2D eigenvalue weighted by molar-refractivity contribution is 6.06. The maximum absolute atomic E-state index is 13.4. The van der Waals surface area contributed by atoms with E-state index in [1.54, 1.807) is 18.2 Å². The second-order valence-corrected chi connectivity index (χ2v) is 6.15. The molecule has 0 aliphatic rings. The average molecular weight is 441 g/mol. The molecule has 0 radical (unpaired) electrons. The molecule has 0 spiro atoms. The van der Waals surface area contributed by atoms with Crippen LogP contribution < -0.4 is 10.6 Å². The fourth-order valence-electron chi connectivity index (χ4n) is 2.41. The van der Waals surface area contributed by atoms with Crippen LogP contribution in [-0.4, -0.2) is 22.1 Å². The molecule has 162 valence electrons. The number of carbonyl (C=O) groups is 1. The predicted molar refractivity (Wildman–Crippen MR) is 98.6 cm³/mol. The van der Waals surface area contributed by atoms with Gasteiger partial charge < -0.3 is 10.6 Å².